The number of ether oxygens (including phenoxy) is 1. The van der Waals surface area contributed by atoms with E-state index in [1.165, 1.54) is 24.3 Å². The largest absolute Gasteiger partial charge is 0.454 e. The Morgan fingerprint density at radius 3 is 2.48 bits per heavy atom. The van der Waals surface area contributed by atoms with Crippen molar-refractivity contribution in [2.75, 3.05) is 10.0 Å². The van der Waals surface area contributed by atoms with E-state index < -0.39 is 15.8 Å². The molecule has 0 saturated heterocycles. The molecule has 42 heavy (non-hydrogen) atoms. The van der Waals surface area contributed by atoms with E-state index in [2.05, 4.69) is 28.9 Å². The van der Waals surface area contributed by atoms with Crippen LogP contribution in [0.4, 0.5) is 16.0 Å². The first-order valence-corrected chi connectivity index (χ1v) is 15.7. The van der Waals surface area contributed by atoms with Crippen molar-refractivity contribution in [3.63, 3.8) is 0 Å². The molecule has 5 rings (SSSR count). The lowest BCUT2D eigenvalue weighted by Gasteiger charge is -2.26. The molecular formula is C31H33ClFN5O3S. The molecule has 4 N–H and O–H groups in total. The molecule has 1 fully saturated rings. The average Bonchev–Trinajstić information content (AvgIpc) is 2.96. The molecule has 0 bridgehead atoms. The third kappa shape index (κ3) is 7.00. The molecule has 1 aliphatic rings. The van der Waals surface area contributed by atoms with Crippen LogP contribution in [0.25, 0.3) is 11.3 Å². The van der Waals surface area contributed by atoms with E-state index in [9.17, 15) is 8.42 Å². The van der Waals surface area contributed by atoms with Crippen LogP contribution >= 0.6 is 11.6 Å². The Kier molecular flexibility index (Phi) is 8.96. The summed E-state index contributed by atoms with van der Waals surface area (Å²) in [5, 5.41) is 3.48. The van der Waals surface area contributed by atoms with Crippen molar-refractivity contribution in [1.82, 2.24) is 9.97 Å². The number of rotatable bonds is 9. The Morgan fingerprint density at radius 1 is 1.00 bits per heavy atom. The van der Waals surface area contributed by atoms with E-state index in [1.54, 1.807) is 24.4 Å². The van der Waals surface area contributed by atoms with Gasteiger partial charge in [-0.2, -0.15) is 0 Å². The lowest BCUT2D eigenvalue weighted by Crippen LogP contribution is -2.33. The minimum absolute atomic E-state index is 0.0334. The molecule has 0 spiro atoms. The Morgan fingerprint density at radius 2 is 1.76 bits per heavy atom. The maximum Gasteiger partial charge on any atom is 0.263 e. The number of nitrogens with zero attached hydrogens (tertiary/aromatic N) is 2. The number of hydrogen-bond acceptors (Lipinski definition) is 7. The van der Waals surface area contributed by atoms with Crippen LogP contribution in [0.1, 0.15) is 51.0 Å². The van der Waals surface area contributed by atoms with Gasteiger partial charge in [0, 0.05) is 29.9 Å². The molecule has 1 heterocycles. The summed E-state index contributed by atoms with van der Waals surface area (Å²) in [5.74, 6) is 0.318. The van der Waals surface area contributed by atoms with Gasteiger partial charge in [0.25, 0.3) is 10.0 Å². The van der Waals surface area contributed by atoms with Gasteiger partial charge < -0.3 is 15.8 Å². The third-order valence-corrected chi connectivity index (χ3v) is 9.12. The molecule has 1 aliphatic carbocycles. The first-order chi connectivity index (χ1) is 20.1. The summed E-state index contributed by atoms with van der Waals surface area (Å²) in [5.41, 5.74) is 8.37. The monoisotopic (exact) mass is 609 g/mol. The number of aromatic nitrogens is 2. The highest BCUT2D eigenvalue weighted by Gasteiger charge is 2.21. The van der Waals surface area contributed by atoms with Crippen molar-refractivity contribution in [3.8, 4) is 22.8 Å². The van der Waals surface area contributed by atoms with Crippen LogP contribution in [0.2, 0.25) is 5.02 Å². The molecule has 0 unspecified atom stereocenters. The normalized spacial score (nSPS) is 17.2. The summed E-state index contributed by atoms with van der Waals surface area (Å²) in [6.45, 7) is 4.12. The van der Waals surface area contributed by atoms with Crippen molar-refractivity contribution < 1.29 is 17.5 Å². The highest BCUT2D eigenvalue weighted by molar-refractivity contribution is 7.92. The van der Waals surface area contributed by atoms with Gasteiger partial charge in [-0.3, -0.25) is 4.72 Å². The molecule has 0 atom stereocenters. The quantitative estimate of drug-likeness (QED) is 0.182. The minimum Gasteiger partial charge on any atom is -0.454 e. The number of sulfonamides is 1. The fourth-order valence-corrected chi connectivity index (χ4v) is 6.43. The van der Waals surface area contributed by atoms with Gasteiger partial charge in [-0.15, -0.1) is 0 Å². The van der Waals surface area contributed by atoms with E-state index >= 15 is 4.39 Å². The molecule has 1 saturated carbocycles. The van der Waals surface area contributed by atoms with Gasteiger partial charge >= 0.3 is 0 Å². The topological polar surface area (TPSA) is 119 Å². The van der Waals surface area contributed by atoms with Gasteiger partial charge in [-0.1, -0.05) is 43.6 Å². The molecule has 3 aromatic carbocycles. The smallest absolute Gasteiger partial charge is 0.263 e. The number of benzene rings is 3. The molecule has 4 aromatic rings. The van der Waals surface area contributed by atoms with Crippen LogP contribution in [0.15, 0.2) is 77.8 Å². The van der Waals surface area contributed by atoms with Gasteiger partial charge in [0.15, 0.2) is 11.6 Å². The number of nitrogens with one attached hydrogen (secondary N) is 2. The van der Waals surface area contributed by atoms with Crippen LogP contribution in [-0.2, 0) is 10.0 Å². The van der Waals surface area contributed by atoms with Crippen LogP contribution in [0.5, 0.6) is 11.5 Å². The zero-order valence-electron chi connectivity index (χ0n) is 23.3. The van der Waals surface area contributed by atoms with Gasteiger partial charge in [-0.05, 0) is 79.6 Å². The lowest BCUT2D eigenvalue weighted by atomic mass is 9.92. The highest BCUT2D eigenvalue weighted by Crippen LogP contribution is 2.37. The van der Waals surface area contributed by atoms with Gasteiger partial charge in [0.2, 0.25) is 5.95 Å². The minimum atomic E-state index is -4.02. The maximum absolute atomic E-state index is 15.3. The summed E-state index contributed by atoms with van der Waals surface area (Å²) in [6, 6.07) is 18.0. The van der Waals surface area contributed by atoms with E-state index in [4.69, 9.17) is 27.1 Å². The Balaban J connectivity index is 1.41. The first kappa shape index (κ1) is 29.8. The summed E-state index contributed by atoms with van der Waals surface area (Å²) < 4.78 is 49.4. The number of hydrogen-bond donors (Lipinski definition) is 3. The maximum atomic E-state index is 15.3. The molecule has 11 heteroatoms. The summed E-state index contributed by atoms with van der Waals surface area (Å²) >= 11 is 6.05. The summed E-state index contributed by atoms with van der Waals surface area (Å²) in [7, 11) is -4.02. The van der Waals surface area contributed by atoms with Crippen molar-refractivity contribution >= 4 is 33.3 Å². The van der Waals surface area contributed by atoms with Crippen molar-refractivity contribution in [3.05, 3.63) is 89.3 Å². The van der Waals surface area contributed by atoms with E-state index in [0.29, 0.717) is 23.0 Å². The second kappa shape index (κ2) is 12.6. The second-order valence-corrected chi connectivity index (χ2v) is 12.8. The Labute approximate surface area is 250 Å². The van der Waals surface area contributed by atoms with Crippen LogP contribution in [-0.4, -0.2) is 30.5 Å². The standard InChI is InChI=1S/C31H33ClFN5O3S/c1-19(2)20-7-13-24(27-15-16-35-31(37-27)36-22-10-8-21(34)9-11-22)29(17-20)41-28-14-12-23(18-26(28)33)38-42(39,40)30-6-4-3-5-25(30)32/h3-7,12-19,21-22,38H,8-11,34H2,1-2H3,(H,35,36,37). The lowest BCUT2D eigenvalue weighted by molar-refractivity contribution is 0.410. The van der Waals surface area contributed by atoms with Gasteiger partial charge in [0.1, 0.15) is 10.6 Å². The van der Waals surface area contributed by atoms with Crippen LogP contribution < -0.4 is 20.5 Å². The van der Waals surface area contributed by atoms with Gasteiger partial charge in [0.05, 0.1) is 16.4 Å². The van der Waals surface area contributed by atoms with Crippen molar-refractivity contribution in [2.24, 2.45) is 5.73 Å². The molecule has 0 aliphatic heterocycles. The number of anilines is 2. The Bertz CT molecular complexity index is 1680. The number of halogens is 2. The van der Waals surface area contributed by atoms with Gasteiger partial charge in [-0.25, -0.2) is 22.8 Å². The molecule has 0 radical (unpaired) electrons. The second-order valence-electron chi connectivity index (χ2n) is 10.7. The molecule has 220 valence electrons. The fraction of sp³-hybridized carbons (Fsp3) is 0.290. The predicted molar refractivity (Wildman–Crippen MR) is 164 cm³/mol. The highest BCUT2D eigenvalue weighted by atomic mass is 35.5. The van der Waals surface area contributed by atoms with E-state index in [-0.39, 0.29) is 39.4 Å². The molecule has 1 aromatic heterocycles. The zero-order chi connectivity index (χ0) is 29.9. The van der Waals surface area contributed by atoms with E-state index in [1.807, 2.05) is 18.2 Å². The first-order valence-electron chi connectivity index (χ1n) is 13.8. The van der Waals surface area contributed by atoms with Crippen LogP contribution in [0.3, 0.4) is 0 Å². The number of nitrogens with two attached hydrogens (primary N) is 1. The van der Waals surface area contributed by atoms with E-state index in [0.717, 1.165) is 37.3 Å². The predicted octanol–water partition coefficient (Wildman–Crippen LogP) is 7.33. The molecule has 0 amide bonds. The SMILES string of the molecule is CC(C)c1ccc(-c2ccnc(NC3CCC(N)CC3)n2)c(Oc2ccc(NS(=O)(=O)c3ccccc3Cl)cc2F)c1. The third-order valence-electron chi connectivity index (χ3n) is 7.24. The zero-order valence-corrected chi connectivity index (χ0v) is 24.9. The average molecular weight is 610 g/mol. The summed E-state index contributed by atoms with van der Waals surface area (Å²) in [6.07, 6.45) is 5.50. The fourth-order valence-electron chi connectivity index (χ4n) is 4.86. The summed E-state index contributed by atoms with van der Waals surface area (Å²) in [4.78, 5) is 9.03. The Hall–Kier alpha value is -3.73. The molecular weight excluding hydrogens is 577 g/mol. The molecule has 8 nitrogen and oxygen atoms in total. The van der Waals surface area contributed by atoms with Crippen molar-refractivity contribution in [1.29, 1.82) is 0 Å². The van der Waals surface area contributed by atoms with Crippen molar-refractivity contribution in [2.45, 2.75) is 62.4 Å². The van der Waals surface area contributed by atoms with Crippen LogP contribution in [0, 0.1) is 5.82 Å².